The average Bonchev–Trinajstić information content (AvgIpc) is 3.44. The maximum Gasteiger partial charge on any atom is 0.375 e. The van der Waals surface area contributed by atoms with Gasteiger partial charge in [0, 0.05) is 12.4 Å². The van der Waals surface area contributed by atoms with Crippen molar-refractivity contribution >= 4 is 36.3 Å². The zero-order chi connectivity index (χ0) is 24.1. The van der Waals surface area contributed by atoms with E-state index in [0.717, 1.165) is 6.29 Å². The fourth-order valence-electron chi connectivity index (χ4n) is 1.32. The van der Waals surface area contributed by atoms with Crippen LogP contribution in [0.2, 0.25) is 0 Å². The molecule has 0 aliphatic heterocycles. The Morgan fingerprint density at radius 1 is 0.969 bits per heavy atom. The van der Waals surface area contributed by atoms with Gasteiger partial charge in [-0.1, -0.05) is 7.43 Å². The van der Waals surface area contributed by atoms with Crippen LogP contribution in [0, 0.1) is 0 Å². The number of nitrogens with one attached hydrogen (secondary N) is 2. The molecule has 0 unspecified atom stereocenters. The van der Waals surface area contributed by atoms with Crippen molar-refractivity contribution in [3.63, 3.8) is 0 Å². The lowest BCUT2D eigenvalue weighted by atomic mass is 10.3. The SMILES string of the molecule is C.CC=O.CCOC(=O)C(=O)CC=O.CCOC(=O)c1ccn[nH]1.O=C(O)c1ccn[nH]1. The fourth-order valence-corrected chi connectivity index (χ4v) is 1.32. The van der Waals surface area contributed by atoms with Gasteiger partial charge in [0.2, 0.25) is 5.78 Å². The van der Waals surface area contributed by atoms with Gasteiger partial charge in [-0.3, -0.25) is 15.0 Å². The first-order valence-electron chi connectivity index (χ1n) is 8.71. The van der Waals surface area contributed by atoms with E-state index in [0.29, 0.717) is 18.6 Å². The van der Waals surface area contributed by atoms with E-state index in [1.54, 1.807) is 19.9 Å². The number of H-pyrrole nitrogens is 2. The molecule has 2 aromatic rings. The van der Waals surface area contributed by atoms with E-state index in [9.17, 15) is 24.0 Å². The summed E-state index contributed by atoms with van der Waals surface area (Å²) in [6.07, 6.45) is 3.63. The Bertz CT molecular complexity index is 788. The Labute approximate surface area is 184 Å². The minimum Gasteiger partial charge on any atom is -0.477 e. The second-order valence-corrected chi connectivity index (χ2v) is 4.72. The summed E-state index contributed by atoms with van der Waals surface area (Å²) in [5.74, 6) is -3.08. The minimum atomic E-state index is -0.984. The third-order valence-corrected chi connectivity index (χ3v) is 2.50. The van der Waals surface area contributed by atoms with Crippen molar-refractivity contribution in [2.75, 3.05) is 13.2 Å². The summed E-state index contributed by atoms with van der Waals surface area (Å²) in [4.78, 5) is 60.1. The van der Waals surface area contributed by atoms with E-state index >= 15 is 0 Å². The van der Waals surface area contributed by atoms with Gasteiger partial charge >= 0.3 is 17.9 Å². The molecular weight excluding hydrogens is 428 g/mol. The number of nitrogens with zero attached hydrogens (tertiary/aromatic N) is 2. The molecule has 0 aromatic carbocycles. The lowest BCUT2D eigenvalue weighted by Crippen LogP contribution is -2.17. The molecule has 13 heteroatoms. The van der Waals surface area contributed by atoms with Gasteiger partial charge in [-0.2, -0.15) is 10.2 Å². The lowest BCUT2D eigenvalue weighted by Gasteiger charge is -1.95. The van der Waals surface area contributed by atoms with Crippen molar-refractivity contribution in [3.8, 4) is 0 Å². The quantitative estimate of drug-likeness (QED) is 0.234. The fraction of sp³-hybridized carbons (Fsp3) is 0.368. The van der Waals surface area contributed by atoms with E-state index in [2.05, 4.69) is 29.9 Å². The molecule has 0 fully saturated rings. The highest BCUT2D eigenvalue weighted by Crippen LogP contribution is 1.94. The van der Waals surface area contributed by atoms with Crippen LogP contribution in [0.25, 0.3) is 0 Å². The minimum absolute atomic E-state index is 0. The average molecular weight is 456 g/mol. The van der Waals surface area contributed by atoms with Crippen LogP contribution in [-0.2, 0) is 28.7 Å². The Kier molecular flexibility index (Phi) is 21.9. The Balaban J connectivity index is -0.000000367. The van der Waals surface area contributed by atoms with Crippen LogP contribution >= 0.6 is 0 Å². The molecule has 0 saturated heterocycles. The summed E-state index contributed by atoms with van der Waals surface area (Å²) < 4.78 is 8.98. The number of aromatic nitrogens is 4. The number of carboxylic acids is 1. The first-order chi connectivity index (χ1) is 14.8. The number of hydrogen-bond donors (Lipinski definition) is 3. The molecule has 0 aliphatic rings. The number of ether oxygens (including phenoxy) is 2. The summed E-state index contributed by atoms with van der Waals surface area (Å²) >= 11 is 0. The van der Waals surface area contributed by atoms with Gasteiger partial charge in [-0.25, -0.2) is 14.4 Å². The van der Waals surface area contributed by atoms with Crippen molar-refractivity contribution in [1.82, 2.24) is 20.4 Å². The highest BCUT2D eigenvalue weighted by Gasteiger charge is 2.12. The Morgan fingerprint density at radius 2 is 1.44 bits per heavy atom. The molecule has 0 radical (unpaired) electrons. The molecule has 2 aromatic heterocycles. The molecular formula is C19H28N4O9. The summed E-state index contributed by atoms with van der Waals surface area (Å²) in [7, 11) is 0. The maximum atomic E-state index is 10.8. The molecule has 0 atom stereocenters. The van der Waals surface area contributed by atoms with Crippen LogP contribution in [0.5, 0.6) is 0 Å². The van der Waals surface area contributed by atoms with Gasteiger partial charge in [0.15, 0.2) is 0 Å². The summed E-state index contributed by atoms with van der Waals surface area (Å²) in [6.45, 7) is 5.33. The van der Waals surface area contributed by atoms with Gasteiger partial charge in [-0.15, -0.1) is 0 Å². The van der Waals surface area contributed by atoms with Gasteiger partial charge in [0.25, 0.3) is 0 Å². The third-order valence-electron chi connectivity index (χ3n) is 2.50. The standard InChI is InChI=1S/C6H8N2O2.C6H8O4.C4H4N2O2.C2H4O.CH4/c1-2-10-6(9)5-3-4-7-8-5;1-2-10-6(9)5(8)3-4-7;7-4(8)3-1-2-5-6-3;1-2-3;/h3-4H,2H2,1H3,(H,7,8);4H,2-3H2,1H3;1-2H,(H,5,6)(H,7,8);2H,1H3;1H4. The van der Waals surface area contributed by atoms with Crippen LogP contribution in [0.4, 0.5) is 0 Å². The van der Waals surface area contributed by atoms with E-state index in [4.69, 9.17) is 9.90 Å². The molecule has 178 valence electrons. The van der Waals surface area contributed by atoms with Gasteiger partial charge in [0.1, 0.15) is 24.0 Å². The molecule has 0 saturated carbocycles. The smallest absolute Gasteiger partial charge is 0.375 e. The number of ketones is 1. The van der Waals surface area contributed by atoms with Crippen LogP contribution in [-0.4, -0.2) is 75.0 Å². The van der Waals surface area contributed by atoms with Gasteiger partial charge in [0.05, 0.1) is 19.6 Å². The topological polar surface area (TPSA) is 198 Å². The number of aromatic amines is 2. The highest BCUT2D eigenvalue weighted by atomic mass is 16.5. The zero-order valence-corrected chi connectivity index (χ0v) is 17.2. The number of rotatable bonds is 7. The van der Waals surface area contributed by atoms with Gasteiger partial charge in [-0.05, 0) is 32.9 Å². The van der Waals surface area contributed by atoms with Crippen LogP contribution in [0.15, 0.2) is 24.5 Å². The van der Waals surface area contributed by atoms with E-state index in [-0.39, 0.29) is 25.7 Å². The number of carbonyl (C=O) groups is 6. The van der Waals surface area contributed by atoms with E-state index in [1.807, 2.05) is 0 Å². The van der Waals surface area contributed by atoms with E-state index in [1.165, 1.54) is 25.4 Å². The van der Waals surface area contributed by atoms with Gasteiger partial charge < -0.3 is 24.2 Å². The molecule has 0 aliphatic carbocycles. The van der Waals surface area contributed by atoms with Crippen molar-refractivity contribution in [1.29, 1.82) is 0 Å². The normalized spacial score (nSPS) is 8.22. The van der Waals surface area contributed by atoms with E-state index < -0.39 is 24.1 Å². The van der Waals surface area contributed by atoms with Crippen LogP contribution in [0.3, 0.4) is 0 Å². The van der Waals surface area contributed by atoms with Crippen LogP contribution < -0.4 is 0 Å². The summed E-state index contributed by atoms with van der Waals surface area (Å²) in [5.41, 5.74) is 0.506. The Hall–Kier alpha value is -4.16. The number of esters is 2. The molecule has 0 spiro atoms. The predicted octanol–water partition coefficient (Wildman–Crippen LogP) is 1.24. The third kappa shape index (κ3) is 16.8. The predicted molar refractivity (Wildman–Crippen MR) is 111 cm³/mol. The van der Waals surface area contributed by atoms with Crippen LogP contribution in [0.1, 0.15) is 55.6 Å². The largest absolute Gasteiger partial charge is 0.477 e. The molecule has 3 N–H and O–H groups in total. The van der Waals surface area contributed by atoms with Crippen molar-refractivity contribution < 1.29 is 43.3 Å². The number of carbonyl (C=O) groups excluding carboxylic acids is 5. The second-order valence-electron chi connectivity index (χ2n) is 4.72. The summed E-state index contributed by atoms with van der Waals surface area (Å²) in [5, 5.41) is 20.0. The van der Waals surface area contributed by atoms with Crippen molar-refractivity contribution in [3.05, 3.63) is 35.9 Å². The number of carboxylic acid groups (broad SMARTS) is 1. The van der Waals surface area contributed by atoms with Crippen molar-refractivity contribution in [2.45, 2.75) is 34.6 Å². The molecule has 2 heterocycles. The number of Topliss-reactive ketones (excluding diaryl/α,β-unsaturated/α-hetero) is 1. The number of aldehydes is 2. The first-order valence-corrected chi connectivity index (χ1v) is 8.71. The molecule has 32 heavy (non-hydrogen) atoms. The first kappa shape index (κ1) is 32.5. The Morgan fingerprint density at radius 3 is 1.75 bits per heavy atom. The number of aromatic carboxylic acids is 1. The number of hydrogen-bond acceptors (Lipinski definition) is 10. The molecule has 0 amide bonds. The second kappa shape index (κ2) is 21.5. The zero-order valence-electron chi connectivity index (χ0n) is 17.2. The highest BCUT2D eigenvalue weighted by molar-refractivity contribution is 6.35. The molecule has 0 bridgehead atoms. The maximum absolute atomic E-state index is 10.8. The van der Waals surface area contributed by atoms with Crippen molar-refractivity contribution in [2.24, 2.45) is 0 Å². The molecule has 2 rings (SSSR count). The molecule has 13 nitrogen and oxygen atoms in total. The lowest BCUT2D eigenvalue weighted by molar-refractivity contribution is -0.153. The summed E-state index contributed by atoms with van der Waals surface area (Å²) in [6, 6.07) is 2.96. The monoisotopic (exact) mass is 456 g/mol.